The Morgan fingerprint density at radius 1 is 1.73 bits per heavy atom. The number of hydrogen-bond donors (Lipinski definition) is 2. The first-order chi connectivity index (χ1) is 5.12. The Morgan fingerprint density at radius 3 is 2.73 bits per heavy atom. The van der Waals surface area contributed by atoms with E-state index in [0.29, 0.717) is 0 Å². The van der Waals surface area contributed by atoms with Crippen molar-refractivity contribution in [3.8, 4) is 0 Å². The minimum Gasteiger partial charge on any atom is -0.380 e. The van der Waals surface area contributed by atoms with Gasteiger partial charge in [0.2, 0.25) is 5.91 Å². The fourth-order valence-electron chi connectivity index (χ4n) is 1.04. The van der Waals surface area contributed by atoms with E-state index in [0.717, 1.165) is 19.8 Å². The first-order valence-electron chi connectivity index (χ1n) is 3.69. The SMILES string of the molecule is CC1(CNCC(N)=O)COC1. The van der Waals surface area contributed by atoms with Crippen molar-refractivity contribution in [2.45, 2.75) is 6.92 Å². The van der Waals surface area contributed by atoms with Crippen LogP contribution >= 0.6 is 0 Å². The molecule has 0 atom stereocenters. The van der Waals surface area contributed by atoms with Gasteiger partial charge in [0, 0.05) is 12.0 Å². The predicted octanol–water partition coefficient (Wildman–Crippen LogP) is -0.902. The third-order valence-electron chi connectivity index (χ3n) is 1.75. The fourth-order valence-corrected chi connectivity index (χ4v) is 1.04. The van der Waals surface area contributed by atoms with E-state index in [1.165, 1.54) is 0 Å². The second kappa shape index (κ2) is 3.19. The summed E-state index contributed by atoms with van der Waals surface area (Å²) in [6.45, 7) is 4.73. The zero-order chi connectivity index (χ0) is 8.32. The van der Waals surface area contributed by atoms with Crippen molar-refractivity contribution < 1.29 is 9.53 Å². The topological polar surface area (TPSA) is 64.3 Å². The fraction of sp³-hybridized carbons (Fsp3) is 0.857. The number of primary amides is 1. The molecule has 0 aromatic heterocycles. The average Bonchev–Trinajstić information content (AvgIpc) is 1.83. The van der Waals surface area contributed by atoms with E-state index in [2.05, 4.69) is 12.2 Å². The molecule has 1 saturated heterocycles. The van der Waals surface area contributed by atoms with Crippen molar-refractivity contribution in [1.82, 2.24) is 5.32 Å². The molecule has 1 fully saturated rings. The maximum Gasteiger partial charge on any atom is 0.231 e. The monoisotopic (exact) mass is 158 g/mol. The van der Waals surface area contributed by atoms with Crippen molar-refractivity contribution in [3.05, 3.63) is 0 Å². The lowest BCUT2D eigenvalue weighted by atomic mass is 9.89. The summed E-state index contributed by atoms with van der Waals surface area (Å²) in [5, 5.41) is 2.97. The van der Waals surface area contributed by atoms with E-state index >= 15 is 0 Å². The minimum absolute atomic E-state index is 0.218. The molecule has 0 saturated carbocycles. The van der Waals surface area contributed by atoms with Gasteiger partial charge in [0.1, 0.15) is 0 Å². The zero-order valence-corrected chi connectivity index (χ0v) is 6.72. The van der Waals surface area contributed by atoms with E-state index in [1.807, 2.05) is 0 Å². The lowest BCUT2D eigenvalue weighted by molar-refractivity contribution is -0.118. The molecule has 0 bridgehead atoms. The highest BCUT2D eigenvalue weighted by Gasteiger charge is 2.32. The average molecular weight is 158 g/mol. The van der Waals surface area contributed by atoms with Crippen LogP contribution in [0.4, 0.5) is 0 Å². The first kappa shape index (κ1) is 8.49. The smallest absolute Gasteiger partial charge is 0.231 e. The van der Waals surface area contributed by atoms with Gasteiger partial charge >= 0.3 is 0 Å². The Bertz CT molecular complexity index is 155. The molecule has 0 aromatic carbocycles. The summed E-state index contributed by atoms with van der Waals surface area (Å²) in [6, 6.07) is 0. The third-order valence-corrected chi connectivity index (χ3v) is 1.75. The van der Waals surface area contributed by atoms with Gasteiger partial charge < -0.3 is 15.8 Å². The van der Waals surface area contributed by atoms with E-state index < -0.39 is 0 Å². The normalized spacial score (nSPS) is 20.8. The molecular formula is C7H14N2O2. The highest BCUT2D eigenvalue weighted by atomic mass is 16.5. The zero-order valence-electron chi connectivity index (χ0n) is 6.72. The van der Waals surface area contributed by atoms with Crippen LogP contribution in [0.5, 0.6) is 0 Å². The Morgan fingerprint density at radius 2 is 2.36 bits per heavy atom. The Labute approximate surface area is 66.1 Å². The highest BCUT2D eigenvalue weighted by Crippen LogP contribution is 2.24. The van der Waals surface area contributed by atoms with Crippen LogP contribution in [0.2, 0.25) is 0 Å². The molecule has 1 heterocycles. The molecule has 1 rings (SSSR count). The molecule has 4 nitrogen and oxygen atoms in total. The minimum atomic E-state index is -0.311. The third kappa shape index (κ3) is 2.48. The Balaban J connectivity index is 2.07. The number of hydrogen-bond acceptors (Lipinski definition) is 3. The van der Waals surface area contributed by atoms with Crippen molar-refractivity contribution in [1.29, 1.82) is 0 Å². The summed E-state index contributed by atoms with van der Waals surface area (Å²) in [6.07, 6.45) is 0. The quantitative estimate of drug-likeness (QED) is 0.557. The number of nitrogens with one attached hydrogen (secondary N) is 1. The summed E-state index contributed by atoms with van der Waals surface area (Å²) in [5.41, 5.74) is 5.17. The van der Waals surface area contributed by atoms with Gasteiger partial charge in [0.05, 0.1) is 19.8 Å². The van der Waals surface area contributed by atoms with Gasteiger partial charge in [-0.25, -0.2) is 0 Å². The predicted molar refractivity (Wildman–Crippen MR) is 41.0 cm³/mol. The van der Waals surface area contributed by atoms with Crippen LogP contribution in [-0.4, -0.2) is 32.2 Å². The molecule has 11 heavy (non-hydrogen) atoms. The maximum atomic E-state index is 10.3. The van der Waals surface area contributed by atoms with Gasteiger partial charge in [-0.15, -0.1) is 0 Å². The van der Waals surface area contributed by atoms with E-state index in [1.54, 1.807) is 0 Å². The standard InChI is InChI=1S/C7H14N2O2/c1-7(4-11-5-7)3-9-2-6(8)10/h9H,2-5H2,1H3,(H2,8,10). The van der Waals surface area contributed by atoms with E-state index in [9.17, 15) is 4.79 Å². The molecule has 1 aliphatic rings. The summed E-state index contributed by atoms with van der Waals surface area (Å²) >= 11 is 0. The van der Waals surface area contributed by atoms with Crippen molar-refractivity contribution in [2.24, 2.45) is 11.1 Å². The van der Waals surface area contributed by atoms with Crippen LogP contribution in [0.15, 0.2) is 0 Å². The Kier molecular flexibility index (Phi) is 2.46. The molecule has 3 N–H and O–H groups in total. The number of nitrogens with two attached hydrogens (primary N) is 1. The van der Waals surface area contributed by atoms with Gasteiger partial charge in [0.25, 0.3) is 0 Å². The van der Waals surface area contributed by atoms with E-state index in [-0.39, 0.29) is 17.9 Å². The highest BCUT2D eigenvalue weighted by molar-refractivity contribution is 5.75. The van der Waals surface area contributed by atoms with Gasteiger partial charge in [0.15, 0.2) is 0 Å². The summed E-state index contributed by atoms with van der Waals surface area (Å²) in [7, 11) is 0. The molecule has 1 amide bonds. The number of amides is 1. The van der Waals surface area contributed by atoms with Crippen LogP contribution in [0, 0.1) is 5.41 Å². The molecule has 0 radical (unpaired) electrons. The molecule has 1 aliphatic heterocycles. The summed E-state index contributed by atoms with van der Waals surface area (Å²) in [4.78, 5) is 10.3. The largest absolute Gasteiger partial charge is 0.380 e. The van der Waals surface area contributed by atoms with Gasteiger partial charge in [-0.1, -0.05) is 6.92 Å². The van der Waals surface area contributed by atoms with Crippen LogP contribution in [0.1, 0.15) is 6.92 Å². The lowest BCUT2D eigenvalue weighted by Gasteiger charge is -2.38. The number of carbonyl (C=O) groups is 1. The molecule has 4 heteroatoms. The van der Waals surface area contributed by atoms with Crippen molar-refractivity contribution in [2.75, 3.05) is 26.3 Å². The molecule has 64 valence electrons. The van der Waals surface area contributed by atoms with Gasteiger partial charge in [-0.3, -0.25) is 4.79 Å². The Hall–Kier alpha value is -0.610. The van der Waals surface area contributed by atoms with Crippen LogP contribution in [0.3, 0.4) is 0 Å². The summed E-state index contributed by atoms with van der Waals surface area (Å²) < 4.78 is 5.04. The number of ether oxygens (including phenoxy) is 1. The second-order valence-electron chi connectivity index (χ2n) is 3.37. The van der Waals surface area contributed by atoms with Crippen molar-refractivity contribution in [3.63, 3.8) is 0 Å². The molecule has 0 aromatic rings. The molecule has 0 aliphatic carbocycles. The second-order valence-corrected chi connectivity index (χ2v) is 3.37. The molecule has 0 unspecified atom stereocenters. The molecule has 0 spiro atoms. The van der Waals surface area contributed by atoms with Crippen LogP contribution in [0.25, 0.3) is 0 Å². The maximum absolute atomic E-state index is 10.3. The summed E-state index contributed by atoms with van der Waals surface area (Å²) in [5.74, 6) is -0.311. The molecular weight excluding hydrogens is 144 g/mol. The van der Waals surface area contributed by atoms with E-state index in [4.69, 9.17) is 10.5 Å². The van der Waals surface area contributed by atoms with Crippen LogP contribution < -0.4 is 11.1 Å². The number of carbonyl (C=O) groups excluding carboxylic acids is 1. The van der Waals surface area contributed by atoms with Crippen LogP contribution in [-0.2, 0) is 9.53 Å². The lowest BCUT2D eigenvalue weighted by Crippen LogP contribution is -2.48. The number of rotatable bonds is 4. The van der Waals surface area contributed by atoms with Gasteiger partial charge in [-0.05, 0) is 0 Å². The van der Waals surface area contributed by atoms with Gasteiger partial charge in [-0.2, -0.15) is 0 Å². The van der Waals surface area contributed by atoms with Crippen molar-refractivity contribution >= 4 is 5.91 Å². The first-order valence-corrected chi connectivity index (χ1v) is 3.69.